The van der Waals surface area contributed by atoms with E-state index in [1.165, 1.54) is 0 Å². The van der Waals surface area contributed by atoms with Crippen molar-refractivity contribution in [1.82, 2.24) is 0 Å². The molecule has 0 aliphatic carbocycles. The van der Waals surface area contributed by atoms with E-state index in [4.69, 9.17) is 4.74 Å². The van der Waals surface area contributed by atoms with Crippen LogP contribution in [0.15, 0.2) is 24.4 Å². The summed E-state index contributed by atoms with van der Waals surface area (Å²) in [5, 5.41) is 23.8. The number of carboxylic acid groups (broad SMARTS) is 1. The number of carboxylic acids is 1. The predicted octanol–water partition coefficient (Wildman–Crippen LogP) is 1.46. The summed E-state index contributed by atoms with van der Waals surface area (Å²) in [6.45, 7) is 9.11. The highest BCUT2D eigenvalue weighted by molar-refractivity contribution is 5.89. The third kappa shape index (κ3) is 3.09. The minimum atomic E-state index is -1.09. The molecule has 0 amide bonds. The van der Waals surface area contributed by atoms with Crippen molar-refractivity contribution in [1.29, 1.82) is 0 Å². The number of carbonyl (C=O) groups excluding carboxylic acids is 1. The molecule has 1 aromatic carbocycles. The molecule has 1 aliphatic heterocycles. The minimum Gasteiger partial charge on any atom is -0.543 e. The summed E-state index contributed by atoms with van der Waals surface area (Å²) in [6, 6.07) is 5.26. The molecule has 3 rings (SSSR count). The van der Waals surface area contributed by atoms with E-state index in [-0.39, 0.29) is 12.0 Å². The second-order valence-corrected chi connectivity index (χ2v) is 7.85. The Balaban J connectivity index is 2.16. The lowest BCUT2D eigenvalue weighted by Gasteiger charge is -2.24. The quantitative estimate of drug-likeness (QED) is 0.853. The van der Waals surface area contributed by atoms with Crippen LogP contribution in [0.3, 0.4) is 0 Å². The number of rotatable bonds is 4. The van der Waals surface area contributed by atoms with Gasteiger partial charge in [0.25, 0.3) is 0 Å². The number of hydrogen-bond donors (Lipinski definition) is 1. The number of hydrogen-bond acceptors (Lipinski definition) is 4. The van der Waals surface area contributed by atoms with Gasteiger partial charge in [0.15, 0.2) is 17.9 Å². The number of ether oxygens (including phenoxy) is 1. The Labute approximate surface area is 147 Å². The average Bonchev–Trinajstić information content (AvgIpc) is 2.92. The Kier molecular flexibility index (Phi) is 4.23. The van der Waals surface area contributed by atoms with Crippen molar-refractivity contribution in [3.63, 3.8) is 0 Å². The SMILES string of the molecule is Cc1cc2ccc3c(c2c[n+]1[C@H](C(=O)[O-])C(C)C)OC(C(C)(C)O)C3. The Bertz CT molecular complexity index is 836. The average molecular weight is 343 g/mol. The molecule has 0 fully saturated rings. The van der Waals surface area contributed by atoms with Crippen LogP contribution >= 0.6 is 0 Å². The zero-order valence-corrected chi connectivity index (χ0v) is 15.4. The van der Waals surface area contributed by atoms with Gasteiger partial charge in [-0.2, -0.15) is 4.57 Å². The number of fused-ring (bicyclic) bond motifs is 3. The summed E-state index contributed by atoms with van der Waals surface area (Å²) in [4.78, 5) is 11.7. The molecule has 25 heavy (non-hydrogen) atoms. The van der Waals surface area contributed by atoms with E-state index in [1.807, 2.05) is 45.2 Å². The third-order valence-corrected chi connectivity index (χ3v) is 4.98. The van der Waals surface area contributed by atoms with Crippen molar-refractivity contribution < 1.29 is 24.3 Å². The van der Waals surface area contributed by atoms with E-state index in [0.717, 1.165) is 27.8 Å². The molecule has 5 nitrogen and oxygen atoms in total. The zero-order valence-electron chi connectivity index (χ0n) is 15.4. The fraction of sp³-hybridized carbons (Fsp3) is 0.500. The number of benzene rings is 1. The van der Waals surface area contributed by atoms with Gasteiger partial charge in [-0.25, -0.2) is 0 Å². The lowest BCUT2D eigenvalue weighted by atomic mass is 9.96. The van der Waals surface area contributed by atoms with Crippen molar-refractivity contribution in [2.24, 2.45) is 5.92 Å². The van der Waals surface area contributed by atoms with Crippen molar-refractivity contribution in [2.45, 2.75) is 58.8 Å². The van der Waals surface area contributed by atoms with Gasteiger partial charge in [0.1, 0.15) is 17.8 Å². The number of nitrogens with zero attached hydrogens (tertiary/aromatic N) is 1. The summed E-state index contributed by atoms with van der Waals surface area (Å²) in [5.74, 6) is -0.461. The monoisotopic (exact) mass is 343 g/mol. The molecular weight excluding hydrogens is 318 g/mol. The molecule has 1 aliphatic rings. The Hall–Kier alpha value is -2.14. The van der Waals surface area contributed by atoms with E-state index < -0.39 is 17.6 Å². The molecule has 0 radical (unpaired) electrons. The number of aliphatic hydroxyl groups is 1. The van der Waals surface area contributed by atoms with Crippen molar-refractivity contribution in [3.05, 3.63) is 35.7 Å². The first-order valence-corrected chi connectivity index (χ1v) is 8.67. The van der Waals surface area contributed by atoms with Crippen LogP contribution in [0, 0.1) is 12.8 Å². The molecule has 5 heteroatoms. The maximum absolute atomic E-state index is 11.7. The summed E-state index contributed by atoms with van der Waals surface area (Å²) in [5.41, 5.74) is 0.939. The second kappa shape index (κ2) is 5.99. The van der Waals surface area contributed by atoms with Gasteiger partial charge in [0.2, 0.25) is 0 Å². The molecule has 2 atom stereocenters. The van der Waals surface area contributed by atoms with Gasteiger partial charge in [0, 0.05) is 25.3 Å². The first-order valence-electron chi connectivity index (χ1n) is 8.67. The van der Waals surface area contributed by atoms with E-state index in [2.05, 4.69) is 0 Å². The molecule has 0 saturated carbocycles. The summed E-state index contributed by atoms with van der Waals surface area (Å²) >= 11 is 0. The lowest BCUT2D eigenvalue weighted by Crippen LogP contribution is -2.53. The molecule has 1 N–H and O–H groups in total. The molecule has 134 valence electrons. The van der Waals surface area contributed by atoms with Crippen molar-refractivity contribution in [3.8, 4) is 5.75 Å². The molecular formula is C20H25NO4. The highest BCUT2D eigenvalue weighted by atomic mass is 16.5. The van der Waals surface area contributed by atoms with Crippen molar-refractivity contribution >= 4 is 16.7 Å². The fourth-order valence-corrected chi connectivity index (χ4v) is 3.54. The Morgan fingerprint density at radius 1 is 1.40 bits per heavy atom. The molecule has 0 saturated heterocycles. The molecule has 0 spiro atoms. The maximum Gasteiger partial charge on any atom is 0.200 e. The molecule has 2 heterocycles. The van der Waals surface area contributed by atoms with Gasteiger partial charge in [-0.1, -0.05) is 26.0 Å². The maximum atomic E-state index is 11.7. The summed E-state index contributed by atoms with van der Waals surface area (Å²) in [7, 11) is 0. The largest absolute Gasteiger partial charge is 0.543 e. The van der Waals surface area contributed by atoms with Gasteiger partial charge >= 0.3 is 0 Å². The number of aromatic nitrogens is 1. The highest BCUT2D eigenvalue weighted by Gasteiger charge is 2.36. The molecule has 2 aromatic rings. The number of pyridine rings is 1. The predicted molar refractivity (Wildman–Crippen MR) is 92.2 cm³/mol. The molecule has 1 aromatic heterocycles. The van der Waals surface area contributed by atoms with Gasteiger partial charge < -0.3 is 19.7 Å². The van der Waals surface area contributed by atoms with E-state index in [0.29, 0.717) is 6.42 Å². The zero-order chi connectivity index (χ0) is 18.5. The normalized spacial score (nSPS) is 18.3. The number of carbonyl (C=O) groups is 1. The van der Waals surface area contributed by atoms with Crippen LogP contribution in [-0.2, 0) is 11.2 Å². The Morgan fingerprint density at radius 3 is 2.64 bits per heavy atom. The summed E-state index contributed by atoms with van der Waals surface area (Å²) in [6.07, 6.45) is 2.16. The smallest absolute Gasteiger partial charge is 0.200 e. The van der Waals surface area contributed by atoms with E-state index in [9.17, 15) is 15.0 Å². The molecule has 1 unspecified atom stereocenters. The number of aryl methyl sites for hydroxylation is 1. The van der Waals surface area contributed by atoms with Gasteiger partial charge in [-0.15, -0.1) is 0 Å². The standard InChI is InChI=1S/C20H25NO4/c1-11(2)17(19(22)23)21-10-15-13(8-12(21)3)6-7-14-9-16(20(4,5)24)25-18(14)15/h6-8,10-11,16-17,24H,9H2,1-5H3/t16?,17-/m0/s1. The number of aliphatic carboxylic acids is 1. The van der Waals surface area contributed by atoms with Crippen LogP contribution < -0.4 is 14.4 Å². The van der Waals surface area contributed by atoms with Crippen LogP contribution in [0.5, 0.6) is 5.75 Å². The first-order chi connectivity index (χ1) is 11.6. The van der Waals surface area contributed by atoms with E-state index >= 15 is 0 Å². The van der Waals surface area contributed by atoms with Crippen LogP contribution in [0.2, 0.25) is 0 Å². The van der Waals surface area contributed by atoms with Crippen LogP contribution in [0.1, 0.15) is 45.0 Å². The molecule has 0 bridgehead atoms. The van der Waals surface area contributed by atoms with E-state index in [1.54, 1.807) is 18.4 Å². The summed E-state index contributed by atoms with van der Waals surface area (Å²) < 4.78 is 7.81. The van der Waals surface area contributed by atoms with Gasteiger partial charge in [0.05, 0.1) is 11.0 Å². The van der Waals surface area contributed by atoms with Crippen LogP contribution in [-0.4, -0.2) is 22.8 Å². The Morgan fingerprint density at radius 2 is 2.08 bits per heavy atom. The van der Waals surface area contributed by atoms with Gasteiger partial charge in [-0.3, -0.25) is 0 Å². The first kappa shape index (κ1) is 17.7. The third-order valence-electron chi connectivity index (χ3n) is 4.98. The second-order valence-electron chi connectivity index (χ2n) is 7.85. The topological polar surface area (TPSA) is 73.5 Å². The van der Waals surface area contributed by atoms with Crippen LogP contribution in [0.25, 0.3) is 10.8 Å². The fourth-order valence-electron chi connectivity index (χ4n) is 3.54. The van der Waals surface area contributed by atoms with Gasteiger partial charge in [-0.05, 0) is 24.8 Å². The highest BCUT2D eigenvalue weighted by Crippen LogP contribution is 2.38. The minimum absolute atomic E-state index is 0.104. The lowest BCUT2D eigenvalue weighted by molar-refractivity contribution is -0.726. The van der Waals surface area contributed by atoms with Crippen LogP contribution in [0.4, 0.5) is 0 Å². The van der Waals surface area contributed by atoms with Crippen molar-refractivity contribution in [2.75, 3.05) is 0 Å².